The van der Waals surface area contributed by atoms with Crippen LogP contribution in [-0.2, 0) is 0 Å². The van der Waals surface area contributed by atoms with Gasteiger partial charge in [-0.15, -0.1) is 0 Å². The Kier molecular flexibility index (Phi) is 47.3. The summed E-state index contributed by atoms with van der Waals surface area (Å²) in [5.41, 5.74) is 0. The van der Waals surface area contributed by atoms with E-state index in [1.165, 1.54) is 0 Å². The van der Waals surface area contributed by atoms with Crippen molar-refractivity contribution in [3.63, 3.8) is 0 Å². The summed E-state index contributed by atoms with van der Waals surface area (Å²) in [5.74, 6) is 0. The maximum atomic E-state index is 3.25. The van der Waals surface area contributed by atoms with Crippen molar-refractivity contribution in [3.8, 4) is 0 Å². The van der Waals surface area contributed by atoms with E-state index in [4.69, 9.17) is 0 Å². The number of halogens is 26. The normalized spacial score (nSPS) is 18.1. The second-order valence-electron chi connectivity index (χ2n) is 2.09. The fourth-order valence-electron chi connectivity index (χ4n) is 0.349. The minimum absolute atomic E-state index is 0.341. The fraction of sp³-hybridized carbons (Fsp3) is 1.00. The molecule has 0 rings (SSSR count). The van der Waals surface area contributed by atoms with Crippen LogP contribution < -0.4 is 17.2 Å². The van der Waals surface area contributed by atoms with Gasteiger partial charge in [0.2, 0.25) is 0 Å². The van der Waals surface area contributed by atoms with Crippen LogP contribution in [0, 0.1) is 0 Å². The Balaban J connectivity index is 5.06. The van der Waals surface area contributed by atoms with E-state index in [0.717, 1.165) is 0 Å². The van der Waals surface area contributed by atoms with Gasteiger partial charge in [0.1, 0.15) is 0 Å². The van der Waals surface area contributed by atoms with Crippen LogP contribution in [0.1, 0.15) is 0 Å². The summed E-state index contributed by atoms with van der Waals surface area (Å²) < 4.78 is 0. The van der Waals surface area contributed by atoms with Crippen molar-refractivity contribution in [2.75, 3.05) is 4.93 Å². The third kappa shape index (κ3) is 19.7. The predicted molar refractivity (Wildman–Crippen MR) is 356 cm³/mol. The van der Waals surface area contributed by atoms with E-state index in [9.17, 15) is 0 Å². The average molecular weight is 3310 g/mol. The quantitative estimate of drug-likeness (QED) is 0.135. The van der Waals surface area contributed by atoms with Crippen molar-refractivity contribution in [1.29, 1.82) is 0 Å². The third-order valence-corrected chi connectivity index (χ3v) is 1850. The summed E-state index contributed by atoms with van der Waals surface area (Å²) in [7, 11) is -5.14. The van der Waals surface area contributed by atoms with Gasteiger partial charge in [0.25, 0.3) is 0 Å². The zero-order valence-corrected chi connectivity index (χ0v) is 66.9. The van der Waals surface area contributed by atoms with Gasteiger partial charge < -0.3 is 0 Å². The Morgan fingerprint density at radius 3 is 0.815 bits per heavy atom. The molecule has 0 amide bonds. The molecule has 0 nitrogen and oxygen atoms in total. The number of rotatable bonds is 12. The van der Waals surface area contributed by atoms with Gasteiger partial charge in [0, 0.05) is 0 Å². The maximum absolute atomic E-state index is 3.25. The van der Waals surface area contributed by atoms with E-state index in [1.807, 2.05) is 0 Å². The molecule has 0 aromatic carbocycles. The molecule has 0 heterocycles. The molecule has 0 bridgehead atoms. The van der Waals surface area contributed by atoms with Crippen LogP contribution in [0.2, 0.25) is 0 Å². The molecule has 0 fully saturated rings. The van der Waals surface area contributed by atoms with E-state index < -0.39 is 78.9 Å². The summed E-state index contributed by atoms with van der Waals surface area (Å²) in [5, 5.41) is 0. The van der Waals surface area contributed by atoms with Gasteiger partial charge in [-0.3, -0.25) is 0 Å². The Labute approximate surface area is 339 Å². The van der Waals surface area contributed by atoms with Crippen molar-refractivity contribution in [2.24, 2.45) is 0 Å². The molecule has 0 unspecified atom stereocenters. The minimum atomic E-state index is -0.462. The molecule has 0 saturated carbocycles. The van der Waals surface area contributed by atoms with Crippen LogP contribution in [0.25, 0.3) is 0 Å². The molecule has 0 saturated heterocycles. The molecule has 0 aromatic rings. The zero-order chi connectivity index (χ0) is 21.6. The third-order valence-electron chi connectivity index (χ3n) is 1.01. The average Bonchev–Trinajstić information content (AvgIpc) is 2.66. The molecule has 0 aliphatic carbocycles. The van der Waals surface area contributed by atoms with Gasteiger partial charge in [-0.25, -0.2) is 0 Å². The van der Waals surface area contributed by atoms with Gasteiger partial charge in [0.05, 0.1) is 0 Å². The van der Waals surface area contributed by atoms with Crippen molar-refractivity contribution < 1.29 is 17.2 Å². The predicted octanol–water partition coefficient (Wildman–Crippen LogP) is 19.3. The van der Waals surface area contributed by atoms with Crippen molar-refractivity contribution in [1.82, 2.24) is 0 Å². The molecule has 0 aliphatic heterocycles. The molecular weight excluding hydrogens is 3310 g/mol. The SMILES string of the molecule is C[I-]I(I)I(I)I(I)I(I)I(I)I(I)I(I)I(I)I(I)I(I)I(I)I(I)I. The molecule has 0 N–H and O–H groups in total. The second kappa shape index (κ2) is 27.8. The summed E-state index contributed by atoms with van der Waals surface area (Å²) in [4.78, 5) is 2.63. The van der Waals surface area contributed by atoms with Gasteiger partial charge in [0.15, 0.2) is 0 Å². The molecule has 0 atom stereocenters. The Bertz CT molecular complexity index is 390. The van der Waals surface area contributed by atoms with E-state index in [2.05, 4.69) is 247 Å². The number of hydrogen-bond acceptors (Lipinski definition) is 0. The van der Waals surface area contributed by atoms with E-state index in [-0.39, 0.29) is 15.8 Å². The van der Waals surface area contributed by atoms with Crippen LogP contribution in [0.4, 0.5) is 0 Å². The molecule has 0 spiro atoms. The van der Waals surface area contributed by atoms with E-state index in [0.29, 0.717) is 17.2 Å². The van der Waals surface area contributed by atoms with Crippen molar-refractivity contribution >= 4 is 337 Å². The Hall–Kier alpha value is 19.0. The monoisotopic (exact) mass is 3310 g/mol. The first kappa shape index (κ1) is 46.0. The van der Waals surface area contributed by atoms with E-state index >= 15 is 0 Å². The molecular formula is CH3I26-. The van der Waals surface area contributed by atoms with Crippen molar-refractivity contribution in [2.45, 2.75) is 0 Å². The number of hydrogen-bond donors (Lipinski definition) is 0. The fourth-order valence-corrected chi connectivity index (χ4v) is 4270. The van der Waals surface area contributed by atoms with Gasteiger partial charge in [-0.2, -0.15) is 0 Å². The summed E-state index contributed by atoms with van der Waals surface area (Å²) in [6, 6.07) is 0. The van der Waals surface area contributed by atoms with Crippen LogP contribution in [-0.4, -0.2) is 4.93 Å². The first-order valence-corrected chi connectivity index (χ1v) is 163. The topological polar surface area (TPSA) is 0 Å². The van der Waals surface area contributed by atoms with Gasteiger partial charge in [-0.05, 0) is 0 Å². The molecule has 0 aromatic heterocycles. The molecule has 0 radical (unpaired) electrons. The van der Waals surface area contributed by atoms with Crippen LogP contribution in [0.5, 0.6) is 0 Å². The van der Waals surface area contributed by atoms with Crippen LogP contribution in [0.3, 0.4) is 0 Å². The Morgan fingerprint density at radius 2 is 0.593 bits per heavy atom. The standard InChI is InChI=1S/CH3I26/c1-15-17(4)19(6)21(8)23(10)25(12)27(14)26(13)24(11)22(9)20(7)18(5)16(2)3/h1H3/q-1. The number of alkyl halides is 1. The van der Waals surface area contributed by atoms with E-state index in [1.54, 1.807) is 0 Å². The van der Waals surface area contributed by atoms with Gasteiger partial charge >= 0.3 is 359 Å². The first-order valence-electron chi connectivity index (χ1n) is 3.95. The van der Waals surface area contributed by atoms with Crippen LogP contribution in [0.15, 0.2) is 0 Å². The second-order valence-corrected chi connectivity index (χ2v) is 593. The molecule has 26 heteroatoms. The first-order chi connectivity index (χ1) is 12.3. The molecule has 190 valence electrons. The summed E-state index contributed by atoms with van der Waals surface area (Å²) >= 11 is 41.6. The Morgan fingerprint density at radius 1 is 0.370 bits per heavy atom. The van der Waals surface area contributed by atoms with Gasteiger partial charge in [-0.1, -0.05) is 0 Å². The van der Waals surface area contributed by atoms with Crippen LogP contribution >= 0.6 is 337 Å². The van der Waals surface area contributed by atoms with Crippen molar-refractivity contribution in [3.05, 3.63) is 0 Å². The summed E-state index contributed by atoms with van der Waals surface area (Å²) in [6.07, 6.45) is 0. The summed E-state index contributed by atoms with van der Waals surface area (Å²) in [6.45, 7) is 0. The zero-order valence-electron chi connectivity index (χ0n) is 10.8. The molecule has 27 heavy (non-hydrogen) atoms. The molecule has 0 aliphatic rings.